The summed E-state index contributed by atoms with van der Waals surface area (Å²) in [6.45, 7) is 1.86. The van der Waals surface area contributed by atoms with Crippen molar-refractivity contribution in [3.8, 4) is 5.75 Å². The third-order valence-electron chi connectivity index (χ3n) is 4.28. The fourth-order valence-electron chi connectivity index (χ4n) is 2.86. The fourth-order valence-corrected chi connectivity index (χ4v) is 2.86. The Balaban J connectivity index is 1.80. The Morgan fingerprint density at radius 2 is 2.17 bits per heavy atom. The lowest BCUT2D eigenvalue weighted by molar-refractivity contribution is 0.0815. The molecule has 7 nitrogen and oxygen atoms in total. The molecule has 0 spiro atoms. The monoisotopic (exact) mass is 404 g/mol. The number of aliphatic hydroxyl groups is 1. The maximum atomic E-state index is 12.4. The van der Waals surface area contributed by atoms with Gasteiger partial charge in [-0.1, -0.05) is 12.1 Å². The number of hydrogen-bond acceptors (Lipinski definition) is 5. The number of carbonyl (C=O) groups excluding carboxylic acids is 1. The van der Waals surface area contributed by atoms with E-state index in [2.05, 4.69) is 15.4 Å². The van der Waals surface area contributed by atoms with Gasteiger partial charge in [0.05, 0.1) is 17.4 Å². The number of rotatable bonds is 9. The number of aliphatic hydroxyl groups excluding tert-OH is 1. The van der Waals surface area contributed by atoms with Crippen LogP contribution in [0.5, 0.6) is 5.75 Å². The zero-order valence-electron chi connectivity index (χ0n) is 15.9. The second-order valence-corrected chi connectivity index (χ2v) is 6.55. The van der Waals surface area contributed by atoms with E-state index in [1.54, 1.807) is 36.0 Å². The predicted octanol–water partition coefficient (Wildman–Crippen LogP) is 2.54. The van der Waals surface area contributed by atoms with E-state index in [4.69, 9.17) is 9.84 Å². The van der Waals surface area contributed by atoms with Crippen molar-refractivity contribution in [2.45, 2.75) is 26.3 Å². The van der Waals surface area contributed by atoms with Crippen LogP contribution in [0, 0.1) is 6.92 Å². The van der Waals surface area contributed by atoms with Crippen molar-refractivity contribution in [1.82, 2.24) is 20.1 Å². The first-order chi connectivity index (χ1) is 14.0. The lowest BCUT2D eigenvalue weighted by atomic mass is 10.1. The number of halogens is 2. The standard InChI is InChI=1S/C20H22F2N4O3/c1-13-3-4-14(9-17(13)29-12-18(21)22)10-26-11-15-16(25-26)5-7-23-19(15)20(28)24-6-2-8-27/h3-5,7,9,11,18,27H,2,6,8,10,12H2,1H3,(H,24,28). The molecule has 0 aliphatic carbocycles. The highest BCUT2D eigenvalue weighted by Crippen LogP contribution is 2.22. The van der Waals surface area contributed by atoms with Crippen molar-refractivity contribution in [2.75, 3.05) is 19.8 Å². The van der Waals surface area contributed by atoms with Crippen LogP contribution < -0.4 is 10.1 Å². The van der Waals surface area contributed by atoms with Crippen LogP contribution in [-0.2, 0) is 6.54 Å². The third kappa shape index (κ3) is 5.26. The number of carbonyl (C=O) groups is 1. The number of nitrogens with one attached hydrogen (secondary N) is 1. The van der Waals surface area contributed by atoms with E-state index in [9.17, 15) is 13.6 Å². The summed E-state index contributed by atoms with van der Waals surface area (Å²) in [6, 6.07) is 7.10. The normalized spacial score (nSPS) is 11.2. The Hall–Kier alpha value is -3.07. The van der Waals surface area contributed by atoms with Crippen molar-refractivity contribution in [2.24, 2.45) is 0 Å². The number of aromatic nitrogens is 3. The first-order valence-corrected chi connectivity index (χ1v) is 9.19. The molecule has 9 heteroatoms. The largest absolute Gasteiger partial charge is 0.487 e. The number of hydrogen-bond donors (Lipinski definition) is 2. The van der Waals surface area contributed by atoms with Gasteiger partial charge in [-0.15, -0.1) is 0 Å². The van der Waals surface area contributed by atoms with Crippen LogP contribution in [0.25, 0.3) is 10.9 Å². The van der Waals surface area contributed by atoms with Gasteiger partial charge < -0.3 is 15.2 Å². The van der Waals surface area contributed by atoms with Crippen LogP contribution >= 0.6 is 0 Å². The number of fused-ring (bicyclic) bond motifs is 1. The van der Waals surface area contributed by atoms with E-state index in [1.807, 2.05) is 6.07 Å². The van der Waals surface area contributed by atoms with E-state index < -0.39 is 13.0 Å². The fraction of sp³-hybridized carbons (Fsp3) is 0.350. The van der Waals surface area contributed by atoms with Crippen LogP contribution in [0.1, 0.15) is 28.0 Å². The summed E-state index contributed by atoms with van der Waals surface area (Å²) in [6.07, 6.45) is 1.17. The van der Waals surface area contributed by atoms with Gasteiger partial charge in [-0.25, -0.2) is 8.78 Å². The van der Waals surface area contributed by atoms with E-state index in [-0.39, 0.29) is 18.2 Å². The lowest BCUT2D eigenvalue weighted by Crippen LogP contribution is -2.26. The Morgan fingerprint density at radius 1 is 1.34 bits per heavy atom. The average Bonchev–Trinajstić information content (AvgIpc) is 3.10. The molecule has 0 radical (unpaired) electrons. The van der Waals surface area contributed by atoms with Crippen LogP contribution in [0.15, 0.2) is 36.7 Å². The summed E-state index contributed by atoms with van der Waals surface area (Å²) in [5.41, 5.74) is 2.48. The summed E-state index contributed by atoms with van der Waals surface area (Å²) in [5.74, 6) is 0.0757. The van der Waals surface area contributed by atoms with Crippen molar-refractivity contribution in [3.63, 3.8) is 0 Å². The maximum absolute atomic E-state index is 12.4. The summed E-state index contributed by atoms with van der Waals surface area (Å²) in [5, 5.41) is 16.6. The molecule has 0 bridgehead atoms. The first-order valence-electron chi connectivity index (χ1n) is 9.19. The maximum Gasteiger partial charge on any atom is 0.272 e. The van der Waals surface area contributed by atoms with Gasteiger partial charge in [0, 0.05) is 25.5 Å². The van der Waals surface area contributed by atoms with Gasteiger partial charge in [-0.2, -0.15) is 5.10 Å². The molecule has 1 aromatic carbocycles. The molecule has 154 valence electrons. The van der Waals surface area contributed by atoms with Gasteiger partial charge in [0.2, 0.25) is 0 Å². The molecular formula is C20H22F2N4O3. The molecule has 0 atom stereocenters. The number of alkyl halides is 2. The zero-order chi connectivity index (χ0) is 20.8. The highest BCUT2D eigenvalue weighted by Gasteiger charge is 2.14. The summed E-state index contributed by atoms with van der Waals surface area (Å²) >= 11 is 0. The van der Waals surface area contributed by atoms with Gasteiger partial charge in [0.1, 0.15) is 18.1 Å². The number of amides is 1. The number of pyridine rings is 1. The SMILES string of the molecule is Cc1ccc(Cn2cc3c(C(=O)NCCCO)nccc3n2)cc1OCC(F)F. The number of ether oxygens (including phenoxy) is 1. The lowest BCUT2D eigenvalue weighted by Gasteiger charge is -2.11. The molecule has 0 saturated carbocycles. The predicted molar refractivity (Wildman–Crippen MR) is 103 cm³/mol. The van der Waals surface area contributed by atoms with Gasteiger partial charge in [0.15, 0.2) is 0 Å². The molecule has 2 heterocycles. The number of nitrogens with zero attached hydrogens (tertiary/aromatic N) is 3. The molecule has 0 fully saturated rings. The topological polar surface area (TPSA) is 89.3 Å². The van der Waals surface area contributed by atoms with Gasteiger partial charge >= 0.3 is 0 Å². The average molecular weight is 404 g/mol. The summed E-state index contributed by atoms with van der Waals surface area (Å²) in [4.78, 5) is 16.5. The van der Waals surface area contributed by atoms with Crippen LogP contribution in [0.2, 0.25) is 0 Å². The molecular weight excluding hydrogens is 382 g/mol. The van der Waals surface area contributed by atoms with Crippen molar-refractivity contribution in [3.05, 3.63) is 53.5 Å². The highest BCUT2D eigenvalue weighted by atomic mass is 19.3. The van der Waals surface area contributed by atoms with E-state index in [1.165, 1.54) is 6.20 Å². The quantitative estimate of drug-likeness (QED) is 0.535. The molecule has 2 N–H and O–H groups in total. The first kappa shape index (κ1) is 20.7. The molecule has 0 aliphatic rings. The molecule has 2 aromatic heterocycles. The minimum Gasteiger partial charge on any atom is -0.487 e. The Kier molecular flexibility index (Phi) is 6.71. The Labute approximate surface area is 166 Å². The Morgan fingerprint density at radius 3 is 2.93 bits per heavy atom. The summed E-state index contributed by atoms with van der Waals surface area (Å²) < 4.78 is 31.7. The summed E-state index contributed by atoms with van der Waals surface area (Å²) in [7, 11) is 0. The van der Waals surface area contributed by atoms with Crippen LogP contribution in [0.4, 0.5) is 8.78 Å². The zero-order valence-corrected chi connectivity index (χ0v) is 15.9. The van der Waals surface area contributed by atoms with Gasteiger partial charge in [-0.05, 0) is 36.6 Å². The van der Waals surface area contributed by atoms with Crippen molar-refractivity contribution >= 4 is 16.8 Å². The Bertz CT molecular complexity index is 991. The molecule has 0 saturated heterocycles. The number of benzene rings is 1. The highest BCUT2D eigenvalue weighted by molar-refractivity contribution is 6.04. The van der Waals surface area contributed by atoms with Crippen LogP contribution in [0.3, 0.4) is 0 Å². The second-order valence-electron chi connectivity index (χ2n) is 6.55. The third-order valence-corrected chi connectivity index (χ3v) is 4.28. The van der Waals surface area contributed by atoms with E-state index in [0.717, 1.165) is 11.1 Å². The van der Waals surface area contributed by atoms with Crippen molar-refractivity contribution in [1.29, 1.82) is 0 Å². The molecule has 0 unspecified atom stereocenters. The molecule has 29 heavy (non-hydrogen) atoms. The van der Waals surface area contributed by atoms with Gasteiger partial charge in [-0.3, -0.25) is 14.5 Å². The van der Waals surface area contributed by atoms with Gasteiger partial charge in [0.25, 0.3) is 12.3 Å². The molecule has 0 aliphatic heterocycles. The van der Waals surface area contributed by atoms with Crippen LogP contribution in [-0.4, -0.2) is 52.0 Å². The van der Waals surface area contributed by atoms with E-state index >= 15 is 0 Å². The minimum absolute atomic E-state index is 0.00456. The molecule has 3 rings (SSSR count). The number of aryl methyl sites for hydroxylation is 1. The second kappa shape index (κ2) is 9.42. The molecule has 1 amide bonds. The minimum atomic E-state index is -2.54. The van der Waals surface area contributed by atoms with E-state index in [0.29, 0.717) is 36.2 Å². The van der Waals surface area contributed by atoms with Crippen molar-refractivity contribution < 1.29 is 23.4 Å². The smallest absolute Gasteiger partial charge is 0.272 e. The molecule has 3 aromatic rings.